The van der Waals surface area contributed by atoms with Crippen LogP contribution in [0.15, 0.2) is 24.3 Å². The van der Waals surface area contributed by atoms with Gasteiger partial charge in [-0.2, -0.15) is 12.6 Å². The predicted octanol–water partition coefficient (Wildman–Crippen LogP) is 1.48. The molecule has 10 heteroatoms. The summed E-state index contributed by atoms with van der Waals surface area (Å²) < 4.78 is 3.36. The van der Waals surface area contributed by atoms with Crippen LogP contribution in [0, 0.1) is 10.1 Å². The van der Waals surface area contributed by atoms with Gasteiger partial charge in [0, 0.05) is 12.0 Å². The number of Topliss-reactive ketones (excluding diaryl/α,β-unsaturated/α-hetero) is 1. The Morgan fingerprint density at radius 3 is 2.78 bits per heavy atom. The van der Waals surface area contributed by atoms with Gasteiger partial charge in [-0.25, -0.2) is 4.79 Å². The molecule has 0 bridgehead atoms. The summed E-state index contributed by atoms with van der Waals surface area (Å²) >= 11 is 4.20. The third-order valence-electron chi connectivity index (χ3n) is 4.07. The lowest BCUT2D eigenvalue weighted by Gasteiger charge is -2.21. The van der Waals surface area contributed by atoms with Gasteiger partial charge < -0.3 is 14.9 Å². The predicted molar refractivity (Wildman–Crippen MR) is 96.7 cm³/mol. The molecule has 2 atom stereocenters. The van der Waals surface area contributed by atoms with E-state index in [9.17, 15) is 24.5 Å². The number of nitrogens with zero attached hydrogens (tertiary/aromatic N) is 1. The summed E-state index contributed by atoms with van der Waals surface area (Å²) in [6.07, 6.45) is 1.11. The zero-order valence-corrected chi connectivity index (χ0v) is 15.6. The van der Waals surface area contributed by atoms with Crippen LogP contribution in [0.2, 0.25) is 0 Å². The Morgan fingerprint density at radius 1 is 1.41 bits per heavy atom. The average Bonchev–Trinajstić information content (AvgIpc) is 3.14. The summed E-state index contributed by atoms with van der Waals surface area (Å²) in [5, 5.41) is 12.3. The molecule has 27 heavy (non-hydrogen) atoms. The van der Waals surface area contributed by atoms with E-state index in [1.54, 1.807) is 12.1 Å². The van der Waals surface area contributed by atoms with Gasteiger partial charge in [-0.15, -0.1) is 10.1 Å². The van der Waals surface area contributed by atoms with E-state index < -0.39 is 33.6 Å². The smallest absolute Gasteiger partial charge is 0.330 e. The van der Waals surface area contributed by atoms with E-state index >= 15 is 0 Å². The number of ketones is 1. The zero-order chi connectivity index (χ0) is 20.0. The number of nitrogens with one attached hydrogen (secondary N) is 1. The Labute approximate surface area is 160 Å². The van der Waals surface area contributed by atoms with Crippen LogP contribution in [0.4, 0.5) is 0 Å². The van der Waals surface area contributed by atoms with Crippen molar-refractivity contribution in [2.45, 2.75) is 43.6 Å². The average molecular weight is 396 g/mol. The number of carbonyl (C=O) groups excluding carboxylic acids is 3. The molecule has 1 aliphatic rings. The largest absolute Gasteiger partial charge is 0.391 e. The van der Waals surface area contributed by atoms with Crippen molar-refractivity contribution in [2.75, 3.05) is 6.54 Å². The molecule has 1 aliphatic heterocycles. The van der Waals surface area contributed by atoms with Crippen LogP contribution in [-0.4, -0.2) is 40.1 Å². The second kappa shape index (κ2) is 8.96. The monoisotopic (exact) mass is 396 g/mol. The van der Waals surface area contributed by atoms with Gasteiger partial charge in [0.05, 0.1) is 0 Å². The fourth-order valence-corrected chi connectivity index (χ4v) is 2.80. The minimum absolute atomic E-state index is 0.247. The standard InChI is InChI=1S/C17H20N2O7S/c1-17(27,16(22)26-15(21)13-6-3-7-18-13)9-14(20)12-5-2-4-11(8-12)10-25-19(23)24/h2,4-5,8,13,18,27H,3,6-7,9-10H2,1H3/t13-,17-/m0/s1. The Balaban J connectivity index is 1.98. The first-order valence-electron chi connectivity index (χ1n) is 8.30. The van der Waals surface area contributed by atoms with Gasteiger partial charge in [0.25, 0.3) is 5.09 Å². The van der Waals surface area contributed by atoms with Crippen LogP contribution >= 0.6 is 12.6 Å². The van der Waals surface area contributed by atoms with Crippen molar-refractivity contribution >= 4 is 30.4 Å². The molecule has 0 amide bonds. The normalized spacial score (nSPS) is 18.4. The second-order valence-corrected chi connectivity index (χ2v) is 7.42. The third-order valence-corrected chi connectivity index (χ3v) is 4.41. The molecular weight excluding hydrogens is 376 g/mol. The van der Waals surface area contributed by atoms with Crippen LogP contribution in [0.3, 0.4) is 0 Å². The summed E-state index contributed by atoms with van der Waals surface area (Å²) in [6.45, 7) is 1.78. The van der Waals surface area contributed by atoms with Crippen molar-refractivity contribution in [2.24, 2.45) is 0 Å². The van der Waals surface area contributed by atoms with Gasteiger partial charge in [0.15, 0.2) is 5.78 Å². The van der Waals surface area contributed by atoms with Gasteiger partial charge in [-0.3, -0.25) is 9.59 Å². The molecule has 1 fully saturated rings. The van der Waals surface area contributed by atoms with Crippen molar-refractivity contribution < 1.29 is 29.0 Å². The van der Waals surface area contributed by atoms with Crippen LogP contribution in [0.25, 0.3) is 0 Å². The molecule has 0 spiro atoms. The first kappa shape index (κ1) is 20.8. The molecule has 146 valence electrons. The molecule has 1 aromatic rings. The maximum Gasteiger partial charge on any atom is 0.330 e. The molecule has 0 aromatic heterocycles. The first-order chi connectivity index (χ1) is 12.7. The van der Waals surface area contributed by atoms with E-state index in [0.717, 1.165) is 6.42 Å². The van der Waals surface area contributed by atoms with Gasteiger partial charge in [-0.05, 0) is 37.9 Å². The second-order valence-electron chi connectivity index (χ2n) is 6.43. The van der Waals surface area contributed by atoms with Crippen LogP contribution in [-0.2, 0) is 25.8 Å². The van der Waals surface area contributed by atoms with Crippen molar-refractivity contribution in [1.82, 2.24) is 5.32 Å². The summed E-state index contributed by atoms with van der Waals surface area (Å²) in [7, 11) is 0. The lowest BCUT2D eigenvalue weighted by molar-refractivity contribution is -0.763. The molecule has 1 heterocycles. The molecule has 1 N–H and O–H groups in total. The topological polar surface area (TPSA) is 125 Å². The number of esters is 2. The van der Waals surface area contributed by atoms with E-state index in [4.69, 9.17) is 4.74 Å². The molecule has 1 saturated heterocycles. The van der Waals surface area contributed by atoms with Crippen LogP contribution < -0.4 is 5.32 Å². The first-order valence-corrected chi connectivity index (χ1v) is 8.75. The van der Waals surface area contributed by atoms with E-state index in [2.05, 4.69) is 22.8 Å². The number of hydrogen-bond donors (Lipinski definition) is 2. The number of hydrogen-bond acceptors (Lipinski definition) is 9. The summed E-state index contributed by atoms with van der Waals surface area (Å²) in [5.41, 5.74) is 0.680. The summed E-state index contributed by atoms with van der Waals surface area (Å²) in [6, 6.07) is 5.55. The molecule has 2 rings (SSSR count). The molecule has 0 radical (unpaired) electrons. The number of rotatable bonds is 8. The quantitative estimate of drug-likeness (QED) is 0.169. The van der Waals surface area contributed by atoms with E-state index in [-0.39, 0.29) is 18.6 Å². The maximum absolute atomic E-state index is 12.5. The third kappa shape index (κ3) is 6.04. The van der Waals surface area contributed by atoms with Crippen molar-refractivity contribution in [3.63, 3.8) is 0 Å². The SMILES string of the molecule is C[C@](S)(CC(=O)c1cccc(CO[N+](=O)[O-])c1)C(=O)OC(=O)[C@@H]1CCCN1. The highest BCUT2D eigenvalue weighted by Gasteiger charge is 2.37. The Hall–Kier alpha value is -2.46. The van der Waals surface area contributed by atoms with Crippen LogP contribution in [0.5, 0.6) is 0 Å². The minimum Gasteiger partial charge on any atom is -0.391 e. The zero-order valence-electron chi connectivity index (χ0n) is 14.7. The van der Waals surface area contributed by atoms with E-state index in [1.807, 2.05) is 0 Å². The number of carbonyl (C=O) groups is 3. The van der Waals surface area contributed by atoms with Gasteiger partial charge >= 0.3 is 11.9 Å². The summed E-state index contributed by atoms with van der Waals surface area (Å²) in [5.74, 6) is -1.99. The molecule has 0 aliphatic carbocycles. The molecule has 1 aromatic carbocycles. The van der Waals surface area contributed by atoms with Gasteiger partial charge in [0.2, 0.25) is 0 Å². The fourth-order valence-electron chi connectivity index (χ4n) is 2.61. The molecule has 0 saturated carbocycles. The maximum atomic E-state index is 12.5. The fraction of sp³-hybridized carbons (Fsp3) is 0.471. The van der Waals surface area contributed by atoms with Crippen molar-refractivity contribution in [1.29, 1.82) is 0 Å². The Kier molecular flexibility index (Phi) is 6.92. The van der Waals surface area contributed by atoms with Crippen molar-refractivity contribution in [3.8, 4) is 0 Å². The molecular formula is C17H20N2O7S. The van der Waals surface area contributed by atoms with E-state index in [0.29, 0.717) is 18.5 Å². The number of benzene rings is 1. The minimum atomic E-state index is -1.50. The Morgan fingerprint density at radius 2 is 2.15 bits per heavy atom. The lowest BCUT2D eigenvalue weighted by atomic mass is 9.98. The summed E-state index contributed by atoms with van der Waals surface area (Å²) in [4.78, 5) is 51.2. The van der Waals surface area contributed by atoms with Crippen molar-refractivity contribution in [3.05, 3.63) is 45.5 Å². The Bertz CT molecular complexity index is 745. The molecule has 0 unspecified atom stereocenters. The highest BCUT2D eigenvalue weighted by atomic mass is 32.1. The van der Waals surface area contributed by atoms with Gasteiger partial charge in [-0.1, -0.05) is 18.2 Å². The highest BCUT2D eigenvalue weighted by Crippen LogP contribution is 2.24. The number of ether oxygens (including phenoxy) is 1. The van der Waals surface area contributed by atoms with Crippen LogP contribution in [0.1, 0.15) is 42.1 Å². The van der Waals surface area contributed by atoms with Gasteiger partial charge in [0.1, 0.15) is 17.4 Å². The highest BCUT2D eigenvalue weighted by molar-refractivity contribution is 7.82. The van der Waals surface area contributed by atoms with E-state index in [1.165, 1.54) is 19.1 Å². The molecule has 9 nitrogen and oxygen atoms in total. The number of thiol groups is 1. The lowest BCUT2D eigenvalue weighted by Crippen LogP contribution is -2.40.